The van der Waals surface area contributed by atoms with Crippen molar-refractivity contribution in [1.82, 2.24) is 10.6 Å². The summed E-state index contributed by atoms with van der Waals surface area (Å²) in [7, 11) is 0. The number of carbonyl (C=O) groups is 2. The van der Waals surface area contributed by atoms with E-state index in [1.54, 1.807) is 23.5 Å². The maximum absolute atomic E-state index is 12.9. The molecule has 0 radical (unpaired) electrons. The normalized spacial score (nSPS) is 19.1. The zero-order chi connectivity index (χ0) is 22.1. The Kier molecular flexibility index (Phi) is 8.30. The van der Waals surface area contributed by atoms with Gasteiger partial charge in [-0.05, 0) is 54.8 Å². The van der Waals surface area contributed by atoms with Gasteiger partial charge in [-0.15, -0.1) is 11.3 Å². The molecule has 1 fully saturated rings. The molecule has 31 heavy (non-hydrogen) atoms. The average molecular weight is 442 g/mol. The summed E-state index contributed by atoms with van der Waals surface area (Å²) in [6.07, 6.45) is 4.22. The average Bonchev–Trinajstić information content (AvgIpc) is 3.29. The third-order valence-corrected chi connectivity index (χ3v) is 6.34. The van der Waals surface area contributed by atoms with E-state index in [-0.39, 0.29) is 17.7 Å². The highest BCUT2D eigenvalue weighted by Crippen LogP contribution is 2.26. The number of phenols is 1. The summed E-state index contributed by atoms with van der Waals surface area (Å²) in [5.74, 6) is -0.677. The molecule has 1 heterocycles. The van der Waals surface area contributed by atoms with Crippen molar-refractivity contribution >= 4 is 23.3 Å². The summed E-state index contributed by atoms with van der Waals surface area (Å²) in [4.78, 5) is 26.4. The first-order chi connectivity index (χ1) is 15.1. The Labute approximate surface area is 186 Å². The second-order valence-electron chi connectivity index (χ2n) is 7.63. The molecule has 1 aromatic heterocycles. The van der Waals surface area contributed by atoms with Crippen LogP contribution < -0.4 is 10.6 Å². The molecule has 1 unspecified atom stereocenters. The van der Waals surface area contributed by atoms with Crippen molar-refractivity contribution < 1.29 is 19.4 Å². The standard InChI is InChI=1S/C23H27N3O4S/c24-15-21(16-6-3-7-17(27)14-16)25-22(28)19-10-1-2-11-20(19)26-23(29)30-12-4-8-18-9-5-13-31-18/h3,5-7,9,13-14,19-21,27H,1-2,4,8,10-12H2,(H,25,28)(H,26,29)/t19-,20-,21?/m1/s1. The molecule has 3 atom stereocenters. The molecule has 3 N–H and O–H groups in total. The van der Waals surface area contributed by atoms with Gasteiger partial charge in [-0.2, -0.15) is 5.26 Å². The Bertz CT molecular complexity index is 910. The van der Waals surface area contributed by atoms with Crippen LogP contribution in [0.4, 0.5) is 4.79 Å². The van der Waals surface area contributed by atoms with Gasteiger partial charge >= 0.3 is 6.09 Å². The minimum Gasteiger partial charge on any atom is -0.508 e. The minimum atomic E-state index is -0.869. The highest BCUT2D eigenvalue weighted by atomic mass is 32.1. The van der Waals surface area contributed by atoms with E-state index < -0.39 is 18.1 Å². The van der Waals surface area contributed by atoms with Crippen LogP contribution in [0.2, 0.25) is 0 Å². The Morgan fingerprint density at radius 2 is 2.10 bits per heavy atom. The number of rotatable bonds is 8. The van der Waals surface area contributed by atoms with Crippen molar-refractivity contribution in [3.63, 3.8) is 0 Å². The van der Waals surface area contributed by atoms with Crippen molar-refractivity contribution in [3.05, 3.63) is 52.2 Å². The molecule has 2 amide bonds. The lowest BCUT2D eigenvalue weighted by Crippen LogP contribution is -2.49. The van der Waals surface area contributed by atoms with Gasteiger partial charge in [0.25, 0.3) is 0 Å². The summed E-state index contributed by atoms with van der Waals surface area (Å²) in [6.45, 7) is 0.321. The number of aromatic hydroxyl groups is 1. The number of thiophene rings is 1. The van der Waals surface area contributed by atoms with Crippen molar-refractivity contribution in [2.45, 2.75) is 50.6 Å². The molecule has 1 aliphatic rings. The minimum absolute atomic E-state index is 0.0334. The highest BCUT2D eigenvalue weighted by molar-refractivity contribution is 7.09. The topological polar surface area (TPSA) is 111 Å². The van der Waals surface area contributed by atoms with Gasteiger partial charge in [0.05, 0.1) is 18.6 Å². The molecular formula is C23H27N3O4S. The van der Waals surface area contributed by atoms with E-state index in [0.29, 0.717) is 25.0 Å². The fraction of sp³-hybridized carbons (Fsp3) is 0.435. The first-order valence-electron chi connectivity index (χ1n) is 10.5. The molecule has 3 rings (SSSR count). The van der Waals surface area contributed by atoms with Crippen LogP contribution >= 0.6 is 11.3 Å². The number of carbonyl (C=O) groups excluding carboxylic acids is 2. The SMILES string of the molecule is N#CC(NC(=O)[C@@H]1CCCC[C@H]1NC(=O)OCCCc1cccs1)c1cccc(O)c1. The first-order valence-corrected chi connectivity index (χ1v) is 11.4. The smallest absolute Gasteiger partial charge is 0.407 e. The van der Waals surface area contributed by atoms with Crippen molar-refractivity contribution in [2.24, 2.45) is 5.92 Å². The number of phenolic OH excluding ortho intramolecular Hbond substituents is 1. The number of hydrogen-bond donors (Lipinski definition) is 3. The predicted molar refractivity (Wildman–Crippen MR) is 117 cm³/mol. The Morgan fingerprint density at radius 3 is 2.84 bits per heavy atom. The summed E-state index contributed by atoms with van der Waals surface area (Å²) < 4.78 is 5.30. The largest absolute Gasteiger partial charge is 0.508 e. The third kappa shape index (κ3) is 6.72. The van der Waals surface area contributed by atoms with Crippen molar-refractivity contribution in [1.29, 1.82) is 5.26 Å². The second kappa shape index (κ2) is 11.4. The first kappa shape index (κ1) is 22.6. The van der Waals surface area contributed by atoms with Gasteiger partial charge in [-0.1, -0.05) is 31.0 Å². The van der Waals surface area contributed by atoms with E-state index in [0.717, 1.165) is 25.7 Å². The molecule has 0 aliphatic heterocycles. The molecular weight excluding hydrogens is 414 g/mol. The van der Waals surface area contributed by atoms with Crippen LogP contribution in [0.3, 0.4) is 0 Å². The van der Waals surface area contributed by atoms with Crippen LogP contribution in [0.15, 0.2) is 41.8 Å². The molecule has 0 saturated heterocycles. The molecule has 1 aliphatic carbocycles. The van der Waals surface area contributed by atoms with Crippen molar-refractivity contribution in [2.75, 3.05) is 6.61 Å². The number of hydrogen-bond acceptors (Lipinski definition) is 6. The van der Waals surface area contributed by atoms with Gasteiger partial charge in [0.2, 0.25) is 5.91 Å². The number of aryl methyl sites for hydroxylation is 1. The van der Waals surface area contributed by atoms with Gasteiger partial charge in [0.15, 0.2) is 0 Å². The van der Waals surface area contributed by atoms with E-state index in [2.05, 4.69) is 22.8 Å². The van der Waals surface area contributed by atoms with Crippen LogP contribution in [0, 0.1) is 17.2 Å². The zero-order valence-corrected chi connectivity index (χ0v) is 18.1. The maximum atomic E-state index is 12.9. The number of alkyl carbamates (subject to hydrolysis) is 1. The summed E-state index contributed by atoms with van der Waals surface area (Å²) in [5, 5.41) is 26.7. The van der Waals surface area contributed by atoms with Gasteiger partial charge in [-0.3, -0.25) is 4.79 Å². The van der Waals surface area contributed by atoms with E-state index in [1.165, 1.54) is 17.0 Å². The molecule has 7 nitrogen and oxygen atoms in total. The zero-order valence-electron chi connectivity index (χ0n) is 17.3. The van der Waals surface area contributed by atoms with Crippen LogP contribution in [0.1, 0.15) is 48.6 Å². The Hall–Kier alpha value is -3.05. The van der Waals surface area contributed by atoms with E-state index >= 15 is 0 Å². The van der Waals surface area contributed by atoms with Crippen LogP contribution in [-0.4, -0.2) is 29.8 Å². The lowest BCUT2D eigenvalue weighted by molar-refractivity contribution is -0.127. The van der Waals surface area contributed by atoms with Crippen LogP contribution in [-0.2, 0) is 16.0 Å². The van der Waals surface area contributed by atoms with Gasteiger partial charge < -0.3 is 20.5 Å². The van der Waals surface area contributed by atoms with E-state index in [9.17, 15) is 20.0 Å². The maximum Gasteiger partial charge on any atom is 0.407 e. The summed E-state index contributed by atoms with van der Waals surface area (Å²) in [6, 6.07) is 11.2. The number of nitrogens with one attached hydrogen (secondary N) is 2. The van der Waals surface area contributed by atoms with Crippen molar-refractivity contribution in [3.8, 4) is 11.8 Å². The van der Waals surface area contributed by atoms with Gasteiger partial charge in [0.1, 0.15) is 11.8 Å². The highest BCUT2D eigenvalue weighted by Gasteiger charge is 2.33. The molecule has 164 valence electrons. The molecule has 1 saturated carbocycles. The fourth-order valence-corrected chi connectivity index (χ4v) is 4.57. The quantitative estimate of drug-likeness (QED) is 0.535. The third-order valence-electron chi connectivity index (χ3n) is 5.41. The second-order valence-corrected chi connectivity index (χ2v) is 8.66. The number of nitriles is 1. The number of nitrogens with zero attached hydrogens (tertiary/aromatic N) is 1. The monoisotopic (exact) mass is 441 g/mol. The van der Waals surface area contributed by atoms with Gasteiger partial charge in [0, 0.05) is 10.9 Å². The van der Waals surface area contributed by atoms with Crippen LogP contribution in [0.5, 0.6) is 5.75 Å². The molecule has 2 aromatic rings. The molecule has 8 heteroatoms. The summed E-state index contributed by atoms with van der Waals surface area (Å²) in [5.41, 5.74) is 0.515. The van der Waals surface area contributed by atoms with Gasteiger partial charge in [-0.25, -0.2) is 4.79 Å². The molecule has 0 spiro atoms. The lowest BCUT2D eigenvalue weighted by atomic mass is 9.83. The predicted octanol–water partition coefficient (Wildman–Crippen LogP) is 4.05. The number of ether oxygens (including phenoxy) is 1. The van der Waals surface area contributed by atoms with Crippen LogP contribution in [0.25, 0.3) is 0 Å². The number of benzene rings is 1. The summed E-state index contributed by atoms with van der Waals surface area (Å²) >= 11 is 1.68. The lowest BCUT2D eigenvalue weighted by Gasteiger charge is -2.31. The van der Waals surface area contributed by atoms with E-state index in [4.69, 9.17) is 4.74 Å². The molecule has 0 bridgehead atoms. The van der Waals surface area contributed by atoms with E-state index in [1.807, 2.05) is 11.4 Å². The fourth-order valence-electron chi connectivity index (χ4n) is 3.82. The molecule has 1 aromatic carbocycles. The number of amides is 2. The Balaban J connectivity index is 1.51. The Morgan fingerprint density at radius 1 is 1.26 bits per heavy atom.